The molecule has 184 valence electrons. The number of rotatable bonds is 5. The fourth-order valence-electron chi connectivity index (χ4n) is 5.32. The molecule has 1 amide bonds. The van der Waals surface area contributed by atoms with E-state index >= 15 is 0 Å². The third-order valence-corrected chi connectivity index (χ3v) is 7.02. The van der Waals surface area contributed by atoms with E-state index in [0.717, 1.165) is 61.1 Å². The van der Waals surface area contributed by atoms with Gasteiger partial charge in [-0.05, 0) is 75.6 Å². The summed E-state index contributed by atoms with van der Waals surface area (Å²) in [5.41, 5.74) is 3.37. The number of nitrogens with zero attached hydrogens (tertiary/aromatic N) is 5. The quantitative estimate of drug-likeness (QED) is 0.523. The van der Waals surface area contributed by atoms with Crippen molar-refractivity contribution < 1.29 is 18.4 Å². The number of carbonyl (C=O) groups excluding carboxylic acids is 1. The summed E-state index contributed by atoms with van der Waals surface area (Å²) in [4.78, 5) is 27.7. The molecular formula is C26H29F2N5O2. The molecule has 0 spiro atoms. The van der Waals surface area contributed by atoms with Gasteiger partial charge in [0.25, 0.3) is 0 Å². The number of hydrogen-bond acceptors (Lipinski definition) is 5. The Bertz CT molecular complexity index is 1200. The Morgan fingerprint density at radius 3 is 2.43 bits per heavy atom. The first-order chi connectivity index (χ1) is 16.9. The molecule has 3 aromatic rings. The molecule has 1 aliphatic carbocycles. The van der Waals surface area contributed by atoms with Crippen molar-refractivity contribution in [3.8, 4) is 5.82 Å². The number of hydroxylamine groups is 2. The first kappa shape index (κ1) is 23.5. The summed E-state index contributed by atoms with van der Waals surface area (Å²) in [7, 11) is 0. The number of aryl methyl sites for hydroxylation is 2. The van der Waals surface area contributed by atoms with Gasteiger partial charge in [0.15, 0.2) is 5.82 Å². The van der Waals surface area contributed by atoms with Crippen molar-refractivity contribution in [3.05, 3.63) is 70.9 Å². The van der Waals surface area contributed by atoms with E-state index in [4.69, 9.17) is 4.84 Å². The second kappa shape index (κ2) is 9.81. The molecule has 35 heavy (non-hydrogen) atoms. The summed E-state index contributed by atoms with van der Waals surface area (Å²) < 4.78 is 29.3. The van der Waals surface area contributed by atoms with E-state index < -0.39 is 17.7 Å². The van der Waals surface area contributed by atoms with Crippen molar-refractivity contribution in [1.29, 1.82) is 0 Å². The van der Waals surface area contributed by atoms with Gasteiger partial charge < -0.3 is 0 Å². The lowest BCUT2D eigenvalue weighted by atomic mass is 9.79. The minimum atomic E-state index is -0.648. The van der Waals surface area contributed by atoms with Crippen LogP contribution in [0.5, 0.6) is 0 Å². The second-order valence-electron chi connectivity index (χ2n) is 9.63. The molecule has 0 radical (unpaired) electrons. The van der Waals surface area contributed by atoms with Crippen LogP contribution in [0.15, 0.2) is 36.7 Å². The van der Waals surface area contributed by atoms with Crippen molar-refractivity contribution in [2.45, 2.75) is 58.4 Å². The predicted octanol–water partition coefficient (Wildman–Crippen LogP) is 4.81. The molecule has 1 atom stereocenters. The van der Waals surface area contributed by atoms with E-state index in [0.29, 0.717) is 24.5 Å². The van der Waals surface area contributed by atoms with Crippen molar-refractivity contribution in [2.24, 2.45) is 11.8 Å². The van der Waals surface area contributed by atoms with Crippen LogP contribution in [0.25, 0.3) is 5.82 Å². The van der Waals surface area contributed by atoms with Crippen molar-refractivity contribution in [1.82, 2.24) is 24.8 Å². The molecule has 1 aliphatic heterocycles. The fourth-order valence-corrected chi connectivity index (χ4v) is 5.32. The largest absolute Gasteiger partial charge is 0.272 e. The van der Waals surface area contributed by atoms with Crippen LogP contribution in [0.1, 0.15) is 60.8 Å². The lowest BCUT2D eigenvalue weighted by Gasteiger charge is -2.32. The van der Waals surface area contributed by atoms with Gasteiger partial charge in [0, 0.05) is 35.9 Å². The predicted molar refractivity (Wildman–Crippen MR) is 124 cm³/mol. The van der Waals surface area contributed by atoms with Gasteiger partial charge in [-0.3, -0.25) is 9.63 Å². The molecule has 1 aromatic carbocycles. The maximum atomic E-state index is 13.7. The molecule has 9 heteroatoms. The molecule has 3 heterocycles. The highest BCUT2D eigenvalue weighted by molar-refractivity contribution is 5.78. The first-order valence-corrected chi connectivity index (χ1v) is 12.1. The normalized spacial score (nSPS) is 22.5. The lowest BCUT2D eigenvalue weighted by molar-refractivity contribution is -0.183. The number of halogens is 2. The average molecular weight is 482 g/mol. The van der Waals surface area contributed by atoms with E-state index in [2.05, 4.69) is 15.1 Å². The van der Waals surface area contributed by atoms with Crippen LogP contribution in [0.3, 0.4) is 0 Å². The zero-order valence-electron chi connectivity index (χ0n) is 20.0. The van der Waals surface area contributed by atoms with E-state index in [1.807, 2.05) is 30.7 Å². The Kier molecular flexibility index (Phi) is 6.60. The van der Waals surface area contributed by atoms with Gasteiger partial charge >= 0.3 is 0 Å². The zero-order valence-corrected chi connectivity index (χ0v) is 20.0. The highest BCUT2D eigenvalue weighted by Crippen LogP contribution is 2.37. The highest BCUT2D eigenvalue weighted by atomic mass is 19.1. The summed E-state index contributed by atoms with van der Waals surface area (Å²) >= 11 is 0. The Hall–Kier alpha value is -3.20. The molecule has 1 saturated carbocycles. The topological polar surface area (TPSA) is 73.1 Å². The number of aromatic nitrogens is 4. The molecule has 0 bridgehead atoms. The minimum Gasteiger partial charge on any atom is -0.272 e. The molecule has 0 N–H and O–H groups in total. The third kappa shape index (κ3) is 5.10. The molecule has 2 fully saturated rings. The molecule has 0 unspecified atom stereocenters. The first-order valence-electron chi connectivity index (χ1n) is 12.1. The maximum absolute atomic E-state index is 13.7. The summed E-state index contributed by atoms with van der Waals surface area (Å²) in [5.74, 6) is -0.355. The average Bonchev–Trinajstić information content (AvgIpc) is 3.45. The summed E-state index contributed by atoms with van der Waals surface area (Å²) in [6, 6.07) is 6.93. The number of hydrogen-bond donors (Lipinski definition) is 0. The van der Waals surface area contributed by atoms with Crippen molar-refractivity contribution >= 4 is 5.91 Å². The summed E-state index contributed by atoms with van der Waals surface area (Å²) in [5, 5.41) is 5.86. The Morgan fingerprint density at radius 2 is 1.74 bits per heavy atom. The van der Waals surface area contributed by atoms with Gasteiger partial charge in [0.1, 0.15) is 18.0 Å². The Labute approximate surface area is 203 Å². The molecule has 5 rings (SSSR count). The van der Waals surface area contributed by atoms with E-state index in [1.54, 1.807) is 6.33 Å². The van der Waals surface area contributed by atoms with Gasteiger partial charge in [-0.25, -0.2) is 28.5 Å². The summed E-state index contributed by atoms with van der Waals surface area (Å²) in [6.07, 6.45) is 6.24. The number of amides is 1. The summed E-state index contributed by atoms with van der Waals surface area (Å²) in [6.45, 7) is 4.31. The van der Waals surface area contributed by atoms with E-state index in [1.165, 1.54) is 17.2 Å². The fraction of sp³-hybridized carbons (Fsp3) is 0.462. The maximum Gasteiger partial charge on any atom is 0.249 e. The van der Waals surface area contributed by atoms with Gasteiger partial charge in [-0.2, -0.15) is 5.10 Å². The monoisotopic (exact) mass is 481 g/mol. The Balaban J connectivity index is 1.20. The second-order valence-corrected chi connectivity index (χ2v) is 9.63. The lowest BCUT2D eigenvalue weighted by Crippen LogP contribution is -2.36. The molecule has 7 nitrogen and oxygen atoms in total. The Morgan fingerprint density at radius 1 is 1.00 bits per heavy atom. The van der Waals surface area contributed by atoms with Crippen LogP contribution in [-0.4, -0.2) is 37.3 Å². The third-order valence-electron chi connectivity index (χ3n) is 7.02. The molecule has 2 aliphatic rings. The number of benzene rings is 1. The van der Waals surface area contributed by atoms with Gasteiger partial charge in [-0.15, -0.1) is 0 Å². The standard InChI is InChI=1S/C26H29F2N5O2/c1-16-9-17(2)32(31-16)25-14-23(29-15-30-25)10-18-3-5-19(6-4-18)26(34)33-24(7-8-35-33)20-11-21(27)13-22(28)12-20/h9,11-15,18-19,24H,3-8,10H2,1-2H3/t18-,19-,24-/m0/s1. The van der Waals surface area contributed by atoms with Crippen LogP contribution in [0.4, 0.5) is 8.78 Å². The molecule has 2 aromatic heterocycles. The smallest absolute Gasteiger partial charge is 0.249 e. The van der Waals surface area contributed by atoms with Crippen LogP contribution >= 0.6 is 0 Å². The molecule has 1 saturated heterocycles. The van der Waals surface area contributed by atoms with Crippen LogP contribution in [0, 0.1) is 37.3 Å². The van der Waals surface area contributed by atoms with Crippen LogP contribution in [0.2, 0.25) is 0 Å². The van der Waals surface area contributed by atoms with Crippen molar-refractivity contribution in [3.63, 3.8) is 0 Å². The van der Waals surface area contributed by atoms with Crippen LogP contribution in [-0.2, 0) is 16.1 Å². The minimum absolute atomic E-state index is 0.0931. The zero-order chi connectivity index (χ0) is 24.5. The van der Waals surface area contributed by atoms with Gasteiger partial charge in [-0.1, -0.05) is 0 Å². The molecular weight excluding hydrogens is 452 g/mol. The van der Waals surface area contributed by atoms with Gasteiger partial charge in [0.05, 0.1) is 18.3 Å². The van der Waals surface area contributed by atoms with Gasteiger partial charge in [0.2, 0.25) is 5.91 Å². The van der Waals surface area contributed by atoms with Crippen molar-refractivity contribution in [2.75, 3.05) is 6.61 Å². The number of carbonyl (C=O) groups is 1. The van der Waals surface area contributed by atoms with E-state index in [-0.39, 0.29) is 11.8 Å². The highest BCUT2D eigenvalue weighted by Gasteiger charge is 2.37. The SMILES string of the molecule is Cc1cc(C)n(-c2cc(C[C@H]3CC[C@H](C(=O)N4OCC[C@H]4c4cc(F)cc(F)c4)CC3)ncn2)n1. The van der Waals surface area contributed by atoms with Crippen LogP contribution < -0.4 is 0 Å². The van der Waals surface area contributed by atoms with E-state index in [9.17, 15) is 13.6 Å².